The summed E-state index contributed by atoms with van der Waals surface area (Å²) in [5.41, 5.74) is 4.40. The zero-order valence-electron chi connectivity index (χ0n) is 30.4. The van der Waals surface area contributed by atoms with Gasteiger partial charge in [0, 0.05) is 35.3 Å². The number of allylic oxidation sites excluding steroid dienone is 2. The number of phenolic OH excluding ortho intramolecular Hbond substituents is 1. The van der Waals surface area contributed by atoms with Crippen molar-refractivity contribution in [2.45, 2.75) is 24.2 Å². The summed E-state index contributed by atoms with van der Waals surface area (Å²) in [5, 5.41) is 13.1. The van der Waals surface area contributed by atoms with E-state index in [2.05, 4.69) is 10.3 Å². The van der Waals surface area contributed by atoms with E-state index >= 15 is 4.79 Å². The van der Waals surface area contributed by atoms with Gasteiger partial charge in [-0.05, 0) is 97.1 Å². The van der Waals surface area contributed by atoms with Crippen molar-refractivity contribution in [2.75, 3.05) is 48.6 Å². The molecule has 9 rings (SSSR count). The molecule has 2 N–H and O–H groups in total. The highest BCUT2D eigenvalue weighted by atomic mass is 35.5. The fourth-order valence-electron chi connectivity index (χ4n) is 9.86. The highest BCUT2D eigenvalue weighted by molar-refractivity contribution is 6.30. The van der Waals surface area contributed by atoms with Gasteiger partial charge in [-0.15, -0.1) is 0 Å². The molecule has 56 heavy (non-hydrogen) atoms. The molecule has 4 amide bonds. The number of aromatic hydroxyl groups is 1. The number of methoxy groups -OCH3 is 1. The third kappa shape index (κ3) is 5.41. The molecule has 6 atom stereocenters. The van der Waals surface area contributed by atoms with Crippen LogP contribution in [0.1, 0.15) is 29.9 Å². The van der Waals surface area contributed by atoms with Crippen LogP contribution in [0.2, 0.25) is 5.02 Å². The lowest BCUT2D eigenvalue weighted by Crippen LogP contribution is -2.53. The van der Waals surface area contributed by atoms with Crippen LogP contribution in [0.5, 0.6) is 11.5 Å². The monoisotopic (exact) mass is 776 g/mol. The highest BCUT2D eigenvalue weighted by Gasteiger charge is 2.71. The molecule has 0 radical (unpaired) electrons. The molecule has 3 saturated heterocycles. The summed E-state index contributed by atoms with van der Waals surface area (Å²) < 4.78 is 25.3. The lowest BCUT2D eigenvalue weighted by molar-refractivity contribution is -0.138. The van der Waals surface area contributed by atoms with E-state index in [1.807, 2.05) is 18.2 Å². The molecule has 0 aromatic heterocycles. The van der Waals surface area contributed by atoms with Gasteiger partial charge in [0.2, 0.25) is 11.8 Å². The Morgan fingerprint density at radius 1 is 0.857 bits per heavy atom. The number of morpholine rings is 1. The molecule has 4 aromatic carbocycles. The number of ether oxygens (including phenoxy) is 2. The van der Waals surface area contributed by atoms with Crippen molar-refractivity contribution in [1.82, 2.24) is 5.01 Å². The molecule has 11 nitrogen and oxygen atoms in total. The van der Waals surface area contributed by atoms with Crippen molar-refractivity contribution in [3.63, 3.8) is 0 Å². The Morgan fingerprint density at radius 3 is 2.25 bits per heavy atom. The number of hydrazine groups is 1. The van der Waals surface area contributed by atoms with Gasteiger partial charge in [0.15, 0.2) is 0 Å². The Bertz CT molecular complexity index is 2280. The second-order valence-corrected chi connectivity index (χ2v) is 15.3. The molecule has 3 heterocycles. The molecule has 4 aromatic rings. The largest absolute Gasteiger partial charge is 0.508 e. The molecule has 4 fully saturated rings. The number of nitrogens with one attached hydrogen (secondary N) is 1. The third-order valence-corrected chi connectivity index (χ3v) is 12.5. The lowest BCUT2D eigenvalue weighted by Gasteiger charge is -2.50. The van der Waals surface area contributed by atoms with E-state index < -0.39 is 52.6 Å². The number of fused-ring (bicyclic) bond motifs is 4. The van der Waals surface area contributed by atoms with E-state index in [0.29, 0.717) is 40.7 Å². The summed E-state index contributed by atoms with van der Waals surface area (Å²) in [4.78, 5) is 62.7. The fourth-order valence-corrected chi connectivity index (χ4v) is 9.98. The van der Waals surface area contributed by atoms with E-state index in [0.717, 1.165) is 23.8 Å². The van der Waals surface area contributed by atoms with Gasteiger partial charge in [0.25, 0.3) is 11.8 Å². The number of anilines is 3. The van der Waals surface area contributed by atoms with Crippen LogP contribution in [-0.4, -0.2) is 67.2 Å². The van der Waals surface area contributed by atoms with Gasteiger partial charge in [0.1, 0.15) is 17.3 Å². The van der Waals surface area contributed by atoms with Crippen LogP contribution >= 0.6 is 11.6 Å². The van der Waals surface area contributed by atoms with E-state index in [1.165, 1.54) is 42.3 Å². The minimum Gasteiger partial charge on any atom is -0.508 e. The van der Waals surface area contributed by atoms with Gasteiger partial charge in [-0.2, -0.15) is 5.01 Å². The van der Waals surface area contributed by atoms with E-state index in [4.69, 9.17) is 21.1 Å². The smallest absolute Gasteiger partial charge is 0.260 e. The Kier molecular flexibility index (Phi) is 8.85. The molecule has 5 aliphatic rings. The van der Waals surface area contributed by atoms with Crippen molar-refractivity contribution in [3.8, 4) is 11.5 Å². The van der Waals surface area contributed by atoms with Crippen molar-refractivity contribution in [1.29, 1.82) is 0 Å². The maximum absolute atomic E-state index is 15.4. The van der Waals surface area contributed by atoms with Gasteiger partial charge in [-0.25, -0.2) is 4.39 Å². The van der Waals surface area contributed by atoms with Crippen molar-refractivity contribution in [3.05, 3.63) is 125 Å². The average Bonchev–Trinajstić information content (AvgIpc) is 3.60. The normalized spacial score (nSPS) is 27.2. The lowest BCUT2D eigenvalue weighted by atomic mass is 9.49. The van der Waals surface area contributed by atoms with Crippen LogP contribution in [0.4, 0.5) is 21.5 Å². The number of carbonyl (C=O) groups is 4. The van der Waals surface area contributed by atoms with Crippen LogP contribution in [0.25, 0.3) is 0 Å². The average molecular weight is 777 g/mol. The van der Waals surface area contributed by atoms with Crippen LogP contribution in [0.3, 0.4) is 0 Å². The van der Waals surface area contributed by atoms with Gasteiger partial charge < -0.3 is 19.5 Å². The quantitative estimate of drug-likeness (QED) is 0.166. The van der Waals surface area contributed by atoms with Crippen molar-refractivity contribution in [2.24, 2.45) is 23.7 Å². The van der Waals surface area contributed by atoms with Crippen molar-refractivity contribution >= 4 is 52.3 Å². The molecule has 6 unspecified atom stereocenters. The van der Waals surface area contributed by atoms with Gasteiger partial charge >= 0.3 is 0 Å². The third-order valence-electron chi connectivity index (χ3n) is 12.3. The highest BCUT2D eigenvalue weighted by Crippen LogP contribution is 2.66. The Morgan fingerprint density at radius 2 is 1.55 bits per heavy atom. The molecule has 0 bridgehead atoms. The van der Waals surface area contributed by atoms with Gasteiger partial charge in [0.05, 0.1) is 54.9 Å². The number of rotatable bonds is 7. The van der Waals surface area contributed by atoms with Crippen LogP contribution in [0, 0.1) is 29.5 Å². The number of carbonyl (C=O) groups excluding carboxylic acids is 4. The van der Waals surface area contributed by atoms with E-state index in [9.17, 15) is 23.9 Å². The minimum absolute atomic E-state index is 0.0526. The zero-order chi connectivity index (χ0) is 38.9. The number of hydrogen-bond acceptors (Lipinski definition) is 9. The first-order valence-corrected chi connectivity index (χ1v) is 19.0. The first-order chi connectivity index (χ1) is 27.1. The van der Waals surface area contributed by atoms with E-state index in [1.54, 1.807) is 48.5 Å². The first kappa shape index (κ1) is 35.9. The fraction of sp³-hybridized carbons (Fsp3) is 0.302. The Labute approximate surface area is 327 Å². The van der Waals surface area contributed by atoms with Crippen LogP contribution in [0.15, 0.2) is 103 Å². The maximum atomic E-state index is 15.4. The summed E-state index contributed by atoms with van der Waals surface area (Å²) in [6.07, 6.45) is 2.17. The molecule has 286 valence electrons. The maximum Gasteiger partial charge on any atom is 0.260 e. The number of amides is 4. The van der Waals surface area contributed by atoms with Crippen LogP contribution < -0.4 is 20.0 Å². The summed E-state index contributed by atoms with van der Waals surface area (Å²) in [7, 11) is 1.46. The molecular formula is C43H38ClFN4O7. The predicted octanol–water partition coefficient (Wildman–Crippen LogP) is 6.22. The second-order valence-electron chi connectivity index (χ2n) is 14.9. The number of halogens is 2. The van der Waals surface area contributed by atoms with Crippen LogP contribution in [-0.2, 0) is 29.3 Å². The first-order valence-electron chi connectivity index (χ1n) is 18.7. The number of hydrogen-bond donors (Lipinski definition) is 2. The Balaban J connectivity index is 1.18. The zero-order valence-corrected chi connectivity index (χ0v) is 31.1. The number of phenols is 1. The summed E-state index contributed by atoms with van der Waals surface area (Å²) in [5.74, 6) is -6.55. The predicted molar refractivity (Wildman–Crippen MR) is 206 cm³/mol. The molecule has 3 aliphatic heterocycles. The number of nitrogens with zero attached hydrogens (tertiary/aromatic N) is 3. The molecule has 2 aliphatic carbocycles. The summed E-state index contributed by atoms with van der Waals surface area (Å²) >= 11 is 6.39. The molecule has 1 saturated carbocycles. The number of imide groups is 2. The summed E-state index contributed by atoms with van der Waals surface area (Å²) in [6, 6.07) is 24.2. The molecule has 0 spiro atoms. The van der Waals surface area contributed by atoms with Crippen molar-refractivity contribution < 1.29 is 38.1 Å². The van der Waals surface area contributed by atoms with E-state index in [-0.39, 0.29) is 41.7 Å². The standard InChI is InChI=1S/C43H38ClFN4O7/c1-55-35-4-2-3-34(50)37(35)38-30-17-18-31-36(41(53)48(39(31)51)29-15-13-28(14-16-29)47-19-21-56-22-20-47)32(30)23-33-40(52)49(46-27-11-9-26(45)10-12-27)42(54)43(33,38)24-5-7-25(44)8-6-24/h2-17,31-33,36,38,46,50H,18-23H2,1H3. The summed E-state index contributed by atoms with van der Waals surface area (Å²) in [6.45, 7) is 2.71. The SMILES string of the molecule is COc1cccc(O)c1C1C2=CCC3C(=O)N(c4ccc(N5CCOCC5)cc4)C(=O)C3C2CC2C(=O)N(Nc3ccc(F)cc3)C(=O)C21c1ccc(Cl)cc1. The molecular weight excluding hydrogens is 739 g/mol. The Hall–Kier alpha value is -5.72. The topological polar surface area (TPSA) is 129 Å². The minimum atomic E-state index is -1.67. The van der Waals surface area contributed by atoms with Gasteiger partial charge in [-0.3, -0.25) is 29.5 Å². The second kappa shape index (κ2) is 13.8. The van der Waals surface area contributed by atoms with Gasteiger partial charge in [-0.1, -0.05) is 41.4 Å². The molecule has 13 heteroatoms. The number of benzene rings is 4.